The quantitative estimate of drug-likeness (QED) is 0.678. The summed E-state index contributed by atoms with van der Waals surface area (Å²) < 4.78 is 4.16. The summed E-state index contributed by atoms with van der Waals surface area (Å²) in [6.45, 7) is 6.90. The Labute approximate surface area is 114 Å². The first-order chi connectivity index (χ1) is 8.69. The molecule has 102 valence electrons. The van der Waals surface area contributed by atoms with E-state index in [1.165, 1.54) is 11.5 Å². The Hall–Kier alpha value is -0.970. The lowest BCUT2D eigenvalue weighted by Gasteiger charge is -2.19. The Bertz CT molecular complexity index is 365. The van der Waals surface area contributed by atoms with Gasteiger partial charge in [0.05, 0.1) is 0 Å². The molecule has 1 aromatic heterocycles. The van der Waals surface area contributed by atoms with Crippen LogP contribution in [-0.4, -0.2) is 21.8 Å². The van der Waals surface area contributed by atoms with E-state index in [0.29, 0.717) is 6.42 Å². The third-order valence-corrected chi connectivity index (χ3v) is 3.61. The summed E-state index contributed by atoms with van der Waals surface area (Å²) in [5.74, 6) is 0.936. The van der Waals surface area contributed by atoms with Crippen molar-refractivity contribution >= 4 is 22.6 Å². The summed E-state index contributed by atoms with van der Waals surface area (Å²) in [5.41, 5.74) is 0. The number of amides is 1. The summed E-state index contributed by atoms with van der Waals surface area (Å²) in [6, 6.07) is 0. The van der Waals surface area contributed by atoms with Crippen molar-refractivity contribution in [1.29, 1.82) is 0 Å². The molecule has 1 aromatic rings. The molecule has 5 heteroatoms. The summed E-state index contributed by atoms with van der Waals surface area (Å²) in [4.78, 5) is 18.3. The third-order valence-electron chi connectivity index (χ3n) is 2.78. The summed E-state index contributed by atoms with van der Waals surface area (Å²) in [6.07, 6.45) is 5.93. The first-order valence-electron chi connectivity index (χ1n) is 6.79. The molecule has 0 saturated heterocycles. The highest BCUT2D eigenvalue weighted by Crippen LogP contribution is 2.19. The van der Waals surface area contributed by atoms with Crippen molar-refractivity contribution in [2.45, 2.75) is 59.3 Å². The maximum absolute atomic E-state index is 12.2. The maximum atomic E-state index is 12.2. The van der Waals surface area contributed by atoms with Gasteiger partial charge >= 0.3 is 0 Å². The zero-order valence-corrected chi connectivity index (χ0v) is 12.4. The van der Waals surface area contributed by atoms with E-state index >= 15 is 0 Å². The van der Waals surface area contributed by atoms with Crippen molar-refractivity contribution in [2.24, 2.45) is 0 Å². The predicted octanol–water partition coefficient (Wildman–Crippen LogP) is 3.56. The van der Waals surface area contributed by atoms with Crippen molar-refractivity contribution in [1.82, 2.24) is 9.36 Å². The van der Waals surface area contributed by atoms with Crippen molar-refractivity contribution < 1.29 is 4.79 Å². The summed E-state index contributed by atoms with van der Waals surface area (Å²) in [5, 5.41) is 0.752. The molecule has 0 aromatic carbocycles. The Morgan fingerprint density at radius 3 is 2.50 bits per heavy atom. The number of unbranched alkanes of at least 4 members (excludes halogenated alkanes) is 3. The fourth-order valence-corrected chi connectivity index (χ4v) is 2.42. The molecule has 0 unspecified atom stereocenters. The van der Waals surface area contributed by atoms with Crippen LogP contribution in [0.4, 0.5) is 5.13 Å². The second-order valence-corrected chi connectivity index (χ2v) is 5.21. The van der Waals surface area contributed by atoms with Gasteiger partial charge in [0.1, 0.15) is 5.82 Å². The highest BCUT2D eigenvalue weighted by atomic mass is 32.1. The van der Waals surface area contributed by atoms with Gasteiger partial charge in [0, 0.05) is 24.5 Å². The number of nitrogens with zero attached hydrogens (tertiary/aromatic N) is 3. The molecule has 0 spiro atoms. The molecule has 1 amide bonds. The number of hydrogen-bond donors (Lipinski definition) is 0. The second-order valence-electron chi connectivity index (χ2n) is 4.48. The van der Waals surface area contributed by atoms with E-state index in [2.05, 4.69) is 23.2 Å². The van der Waals surface area contributed by atoms with Crippen molar-refractivity contribution in [3.8, 4) is 0 Å². The van der Waals surface area contributed by atoms with Crippen LogP contribution in [0.1, 0.15) is 58.2 Å². The van der Waals surface area contributed by atoms with Gasteiger partial charge in [-0.15, -0.1) is 0 Å². The van der Waals surface area contributed by atoms with Crippen LogP contribution < -0.4 is 4.90 Å². The topological polar surface area (TPSA) is 46.1 Å². The molecular weight excluding hydrogens is 246 g/mol. The average Bonchev–Trinajstić information content (AvgIpc) is 2.77. The van der Waals surface area contributed by atoms with E-state index in [9.17, 15) is 4.79 Å². The first-order valence-corrected chi connectivity index (χ1v) is 7.57. The molecule has 0 N–H and O–H groups in total. The minimum Gasteiger partial charge on any atom is -0.287 e. The lowest BCUT2D eigenvalue weighted by molar-refractivity contribution is -0.118. The Kier molecular flexibility index (Phi) is 6.86. The van der Waals surface area contributed by atoms with E-state index in [4.69, 9.17) is 0 Å². The van der Waals surface area contributed by atoms with Crippen molar-refractivity contribution in [3.05, 3.63) is 5.82 Å². The predicted molar refractivity (Wildman–Crippen MR) is 76.0 cm³/mol. The number of anilines is 1. The molecule has 0 fully saturated rings. The van der Waals surface area contributed by atoms with Gasteiger partial charge in [0.2, 0.25) is 11.0 Å². The van der Waals surface area contributed by atoms with Gasteiger partial charge in [0.15, 0.2) is 0 Å². The monoisotopic (exact) mass is 269 g/mol. The molecular formula is C13H23N3OS. The van der Waals surface area contributed by atoms with Gasteiger partial charge in [-0.25, -0.2) is 4.98 Å². The minimum atomic E-state index is 0.188. The molecule has 1 heterocycles. The molecule has 0 aliphatic heterocycles. The van der Waals surface area contributed by atoms with Gasteiger partial charge < -0.3 is 0 Å². The number of rotatable bonds is 8. The highest BCUT2D eigenvalue weighted by Gasteiger charge is 2.18. The third kappa shape index (κ3) is 4.72. The number of aromatic nitrogens is 2. The van der Waals surface area contributed by atoms with E-state index in [0.717, 1.165) is 49.6 Å². The van der Waals surface area contributed by atoms with E-state index in [1.807, 2.05) is 11.8 Å². The molecule has 0 saturated carbocycles. The lowest BCUT2D eigenvalue weighted by atomic mass is 10.2. The SMILES string of the molecule is CCCCCC(=O)N(CCCC)c1nc(C)ns1. The van der Waals surface area contributed by atoms with Crippen molar-refractivity contribution in [3.63, 3.8) is 0 Å². The van der Waals surface area contributed by atoms with E-state index < -0.39 is 0 Å². The molecule has 0 radical (unpaired) electrons. The van der Waals surface area contributed by atoms with Gasteiger partial charge in [-0.1, -0.05) is 33.1 Å². The van der Waals surface area contributed by atoms with Gasteiger partial charge in [-0.3, -0.25) is 9.69 Å². The van der Waals surface area contributed by atoms with Crippen LogP contribution in [0.15, 0.2) is 0 Å². The van der Waals surface area contributed by atoms with Gasteiger partial charge in [0.25, 0.3) is 0 Å². The smallest absolute Gasteiger partial charge is 0.228 e. The van der Waals surface area contributed by atoms with Crippen LogP contribution in [-0.2, 0) is 4.79 Å². The minimum absolute atomic E-state index is 0.188. The largest absolute Gasteiger partial charge is 0.287 e. The van der Waals surface area contributed by atoms with E-state index in [1.54, 1.807) is 0 Å². The van der Waals surface area contributed by atoms with E-state index in [-0.39, 0.29) is 5.91 Å². The van der Waals surface area contributed by atoms with Crippen LogP contribution in [0, 0.1) is 6.92 Å². The summed E-state index contributed by atoms with van der Waals surface area (Å²) in [7, 11) is 0. The van der Waals surface area contributed by atoms with Crippen molar-refractivity contribution in [2.75, 3.05) is 11.4 Å². The number of hydrogen-bond acceptors (Lipinski definition) is 4. The molecule has 4 nitrogen and oxygen atoms in total. The molecule has 0 aliphatic carbocycles. The van der Waals surface area contributed by atoms with Crippen LogP contribution >= 0.6 is 11.5 Å². The molecule has 0 aliphatic rings. The first kappa shape index (κ1) is 15.1. The fourth-order valence-electron chi connectivity index (χ4n) is 1.70. The number of carbonyl (C=O) groups is 1. The van der Waals surface area contributed by atoms with Gasteiger partial charge in [-0.2, -0.15) is 4.37 Å². The lowest BCUT2D eigenvalue weighted by Crippen LogP contribution is -2.31. The Morgan fingerprint density at radius 2 is 1.94 bits per heavy atom. The number of carbonyl (C=O) groups excluding carboxylic acids is 1. The normalized spacial score (nSPS) is 10.6. The van der Waals surface area contributed by atoms with Gasteiger partial charge in [-0.05, 0) is 19.8 Å². The maximum Gasteiger partial charge on any atom is 0.228 e. The fraction of sp³-hybridized carbons (Fsp3) is 0.769. The van der Waals surface area contributed by atoms with Crippen LogP contribution in [0.5, 0.6) is 0 Å². The zero-order valence-electron chi connectivity index (χ0n) is 11.6. The Balaban J connectivity index is 2.62. The molecule has 0 bridgehead atoms. The average molecular weight is 269 g/mol. The van der Waals surface area contributed by atoms with Crippen LogP contribution in [0.2, 0.25) is 0 Å². The number of aryl methyl sites for hydroxylation is 1. The Morgan fingerprint density at radius 1 is 1.22 bits per heavy atom. The summed E-state index contributed by atoms with van der Waals surface area (Å²) >= 11 is 1.32. The standard InChI is InChI=1S/C13H23N3OS/c1-4-6-8-9-12(17)16(10-7-5-2)13-14-11(3)15-18-13/h4-10H2,1-3H3. The zero-order chi connectivity index (χ0) is 13.4. The molecule has 1 rings (SSSR count). The van der Waals surface area contributed by atoms with Crippen LogP contribution in [0.25, 0.3) is 0 Å². The molecule has 0 atom stereocenters. The van der Waals surface area contributed by atoms with Crippen LogP contribution in [0.3, 0.4) is 0 Å². The second kappa shape index (κ2) is 8.19. The molecule has 18 heavy (non-hydrogen) atoms. The highest BCUT2D eigenvalue weighted by molar-refractivity contribution is 7.09.